The predicted molar refractivity (Wildman–Crippen MR) is 74.8 cm³/mol. The number of hydrogen-bond donors (Lipinski definition) is 1. The molecule has 0 aliphatic carbocycles. The summed E-state index contributed by atoms with van der Waals surface area (Å²) in [6.07, 6.45) is 4.82. The van der Waals surface area contributed by atoms with Crippen LogP contribution in [0.5, 0.6) is 0 Å². The van der Waals surface area contributed by atoms with Gasteiger partial charge in [0.25, 0.3) is 0 Å². The van der Waals surface area contributed by atoms with Crippen molar-refractivity contribution < 1.29 is 4.74 Å². The van der Waals surface area contributed by atoms with Crippen molar-refractivity contribution in [3.63, 3.8) is 0 Å². The number of nitrogens with zero attached hydrogens (tertiary/aromatic N) is 2. The van der Waals surface area contributed by atoms with E-state index < -0.39 is 0 Å². The first-order valence-corrected chi connectivity index (χ1v) is 6.70. The fourth-order valence-electron chi connectivity index (χ4n) is 2.48. The third-order valence-corrected chi connectivity index (χ3v) is 3.69. The van der Waals surface area contributed by atoms with Crippen LogP contribution in [0.25, 0.3) is 5.69 Å². The van der Waals surface area contributed by atoms with Crippen LogP contribution in [0.4, 0.5) is 0 Å². The van der Waals surface area contributed by atoms with Gasteiger partial charge in [0.1, 0.15) is 0 Å². The van der Waals surface area contributed by atoms with Gasteiger partial charge in [-0.25, -0.2) is 4.98 Å². The van der Waals surface area contributed by atoms with Crippen LogP contribution in [0.15, 0.2) is 36.8 Å². The number of imidazole rings is 1. The van der Waals surface area contributed by atoms with Crippen molar-refractivity contribution in [3.8, 4) is 5.69 Å². The monoisotopic (exact) mass is 257 g/mol. The Kier molecular flexibility index (Phi) is 3.62. The van der Waals surface area contributed by atoms with Crippen LogP contribution in [0.2, 0.25) is 0 Å². The summed E-state index contributed by atoms with van der Waals surface area (Å²) in [5.74, 6) is 0.581. The molecule has 1 aliphatic heterocycles. The average Bonchev–Trinajstić information content (AvgIpc) is 2.83. The van der Waals surface area contributed by atoms with E-state index in [2.05, 4.69) is 39.1 Å². The van der Waals surface area contributed by atoms with E-state index in [-0.39, 0.29) is 0 Å². The smallest absolute Gasteiger partial charge is 0.0994 e. The zero-order chi connectivity index (χ0) is 13.1. The molecule has 4 heteroatoms. The quantitative estimate of drug-likeness (QED) is 0.887. The molecule has 0 bridgehead atoms. The van der Waals surface area contributed by atoms with Crippen molar-refractivity contribution in [2.24, 2.45) is 0 Å². The van der Waals surface area contributed by atoms with Crippen LogP contribution in [-0.2, 0) is 11.2 Å². The standard InChI is InChI=1S/C15H19N3O/c1-19-7-6-12-4-2-3-5-14(12)18-11-17-10-15(18)13-8-16-9-13/h2-5,10-11,13,16H,6-9H2,1H3. The molecule has 19 heavy (non-hydrogen) atoms. The van der Waals surface area contributed by atoms with Crippen molar-refractivity contribution in [2.45, 2.75) is 12.3 Å². The maximum absolute atomic E-state index is 5.19. The summed E-state index contributed by atoms with van der Waals surface area (Å²) in [5.41, 5.74) is 3.82. The number of aromatic nitrogens is 2. The molecule has 4 nitrogen and oxygen atoms in total. The Hall–Kier alpha value is -1.65. The lowest BCUT2D eigenvalue weighted by molar-refractivity contribution is 0.202. The van der Waals surface area contributed by atoms with Crippen LogP contribution in [0.3, 0.4) is 0 Å². The Labute approximate surface area is 113 Å². The van der Waals surface area contributed by atoms with Crippen LogP contribution in [0.1, 0.15) is 17.2 Å². The van der Waals surface area contributed by atoms with Crippen LogP contribution in [0, 0.1) is 0 Å². The first-order valence-electron chi connectivity index (χ1n) is 6.70. The molecular weight excluding hydrogens is 238 g/mol. The molecule has 0 spiro atoms. The van der Waals surface area contributed by atoms with E-state index in [4.69, 9.17) is 4.74 Å². The average molecular weight is 257 g/mol. The molecule has 2 heterocycles. The fraction of sp³-hybridized carbons (Fsp3) is 0.400. The highest BCUT2D eigenvalue weighted by molar-refractivity contribution is 5.43. The number of rotatable bonds is 5. The Morgan fingerprint density at radius 2 is 2.21 bits per heavy atom. The van der Waals surface area contributed by atoms with E-state index >= 15 is 0 Å². The highest BCUT2D eigenvalue weighted by Gasteiger charge is 2.23. The van der Waals surface area contributed by atoms with Gasteiger partial charge in [0.15, 0.2) is 0 Å². The van der Waals surface area contributed by atoms with Gasteiger partial charge in [0.05, 0.1) is 18.6 Å². The normalized spacial score (nSPS) is 15.4. The predicted octanol–water partition coefficient (Wildman–Crippen LogP) is 1.75. The molecule has 0 radical (unpaired) electrons. The molecule has 100 valence electrons. The van der Waals surface area contributed by atoms with Gasteiger partial charge in [-0.05, 0) is 18.1 Å². The minimum absolute atomic E-state index is 0.581. The van der Waals surface area contributed by atoms with Crippen molar-refractivity contribution in [1.82, 2.24) is 14.9 Å². The second-order valence-electron chi connectivity index (χ2n) is 4.92. The highest BCUT2D eigenvalue weighted by atomic mass is 16.5. The summed E-state index contributed by atoms with van der Waals surface area (Å²) in [6.45, 7) is 2.84. The highest BCUT2D eigenvalue weighted by Crippen LogP contribution is 2.24. The fourth-order valence-corrected chi connectivity index (χ4v) is 2.48. The minimum Gasteiger partial charge on any atom is -0.384 e. The van der Waals surface area contributed by atoms with Crippen molar-refractivity contribution in [3.05, 3.63) is 48.0 Å². The Bertz CT molecular complexity index is 546. The molecule has 1 fully saturated rings. The molecule has 1 aromatic carbocycles. The third kappa shape index (κ3) is 2.41. The van der Waals surface area contributed by atoms with E-state index in [9.17, 15) is 0 Å². The van der Waals surface area contributed by atoms with Gasteiger partial charge < -0.3 is 14.6 Å². The summed E-state index contributed by atoms with van der Waals surface area (Å²) in [7, 11) is 1.74. The van der Waals surface area contributed by atoms with Crippen molar-refractivity contribution >= 4 is 0 Å². The molecule has 0 saturated carbocycles. The van der Waals surface area contributed by atoms with Gasteiger partial charge in [-0.15, -0.1) is 0 Å². The summed E-state index contributed by atoms with van der Waals surface area (Å²) in [6, 6.07) is 8.48. The third-order valence-electron chi connectivity index (χ3n) is 3.69. The maximum atomic E-state index is 5.19. The minimum atomic E-state index is 0.581. The lowest BCUT2D eigenvalue weighted by Gasteiger charge is -2.28. The number of para-hydroxylation sites is 1. The molecular formula is C15H19N3O. The van der Waals surface area contributed by atoms with Gasteiger partial charge in [-0.3, -0.25) is 0 Å². The SMILES string of the molecule is COCCc1ccccc1-n1cncc1C1CNC1. The number of benzene rings is 1. The molecule has 2 aromatic rings. The van der Waals surface area contributed by atoms with E-state index in [1.807, 2.05) is 12.5 Å². The summed E-state index contributed by atoms with van der Waals surface area (Å²) >= 11 is 0. The van der Waals surface area contributed by atoms with Gasteiger partial charge in [-0.2, -0.15) is 0 Å². The summed E-state index contributed by atoms with van der Waals surface area (Å²) in [5, 5.41) is 3.32. The lowest BCUT2D eigenvalue weighted by atomic mass is 9.99. The van der Waals surface area contributed by atoms with E-state index in [1.54, 1.807) is 7.11 Å². The zero-order valence-electron chi connectivity index (χ0n) is 11.2. The molecule has 3 rings (SSSR count). The van der Waals surface area contributed by atoms with Crippen LogP contribution < -0.4 is 5.32 Å². The summed E-state index contributed by atoms with van der Waals surface area (Å²) < 4.78 is 7.41. The number of nitrogens with one attached hydrogen (secondary N) is 1. The second kappa shape index (κ2) is 5.55. The molecule has 1 N–H and O–H groups in total. The van der Waals surface area contributed by atoms with Gasteiger partial charge in [-0.1, -0.05) is 18.2 Å². The zero-order valence-corrected chi connectivity index (χ0v) is 11.2. The van der Waals surface area contributed by atoms with Crippen LogP contribution in [-0.4, -0.2) is 36.4 Å². The molecule has 0 amide bonds. The Morgan fingerprint density at radius 1 is 1.37 bits per heavy atom. The van der Waals surface area contributed by atoms with E-state index in [0.29, 0.717) is 5.92 Å². The lowest BCUT2D eigenvalue weighted by Crippen LogP contribution is -2.40. The first-order chi connectivity index (χ1) is 9.40. The van der Waals surface area contributed by atoms with Gasteiger partial charge in [0.2, 0.25) is 0 Å². The van der Waals surface area contributed by atoms with Crippen LogP contribution >= 0.6 is 0 Å². The molecule has 0 atom stereocenters. The number of hydrogen-bond acceptors (Lipinski definition) is 3. The molecule has 1 aromatic heterocycles. The Balaban J connectivity index is 1.95. The van der Waals surface area contributed by atoms with E-state index in [0.717, 1.165) is 26.1 Å². The largest absolute Gasteiger partial charge is 0.384 e. The van der Waals surface area contributed by atoms with Gasteiger partial charge in [0, 0.05) is 38.0 Å². The molecule has 1 saturated heterocycles. The van der Waals surface area contributed by atoms with E-state index in [1.165, 1.54) is 16.9 Å². The second-order valence-corrected chi connectivity index (χ2v) is 4.92. The van der Waals surface area contributed by atoms with Gasteiger partial charge >= 0.3 is 0 Å². The van der Waals surface area contributed by atoms with Crippen molar-refractivity contribution in [2.75, 3.05) is 26.8 Å². The Morgan fingerprint density at radius 3 is 2.95 bits per heavy atom. The first kappa shape index (κ1) is 12.4. The summed E-state index contributed by atoms with van der Waals surface area (Å²) in [4.78, 5) is 4.33. The molecule has 1 aliphatic rings. The topological polar surface area (TPSA) is 39.1 Å². The molecule has 0 unspecified atom stereocenters. The number of ether oxygens (including phenoxy) is 1. The van der Waals surface area contributed by atoms with Crippen molar-refractivity contribution in [1.29, 1.82) is 0 Å². The maximum Gasteiger partial charge on any atom is 0.0994 e. The number of methoxy groups -OCH3 is 1.